The summed E-state index contributed by atoms with van der Waals surface area (Å²) in [5.74, 6) is -0.186. The van der Waals surface area contributed by atoms with Crippen LogP contribution in [0.15, 0.2) is 134 Å². The molecule has 0 aliphatic rings. The van der Waals surface area contributed by atoms with Crippen LogP contribution in [0.2, 0.25) is 0 Å². The van der Waals surface area contributed by atoms with Crippen LogP contribution in [-0.2, 0) is 18.4 Å². The summed E-state index contributed by atoms with van der Waals surface area (Å²) in [5, 5.41) is 14.1. The zero-order valence-corrected chi connectivity index (χ0v) is 56.7. The number of likely N-dealkylation sites (N-methyl/N-ethyl adjacent to an activating group) is 1. The normalized spacial score (nSPS) is 14.5. The predicted octanol–water partition coefficient (Wildman–Crippen LogP) is 22.0. The van der Waals surface area contributed by atoms with Crippen LogP contribution in [0.5, 0.6) is 0 Å². The van der Waals surface area contributed by atoms with E-state index < -0.39 is 20.0 Å². The molecule has 0 aromatic carbocycles. The molecule has 1 amide bonds. The van der Waals surface area contributed by atoms with Gasteiger partial charge in [0.25, 0.3) is 7.82 Å². The molecule has 0 heterocycles. The minimum absolute atomic E-state index is 0.00182. The fraction of sp³-hybridized carbons (Fsp3) is 0.697. The van der Waals surface area contributed by atoms with Gasteiger partial charge in [-0.15, -0.1) is 0 Å². The number of hydrogen-bond donors (Lipinski definition) is 2. The highest BCUT2D eigenvalue weighted by molar-refractivity contribution is 7.45. The third-order valence-corrected chi connectivity index (χ3v) is 16.1. The average molecular weight is 1200 g/mol. The second-order valence-electron chi connectivity index (χ2n) is 24.5. The monoisotopic (exact) mass is 1200 g/mol. The first-order chi connectivity index (χ1) is 41.5. The smallest absolute Gasteiger partial charge is 0.268 e. The van der Waals surface area contributed by atoms with Crippen molar-refractivity contribution >= 4 is 13.7 Å². The Balaban J connectivity index is 4.16. The van der Waals surface area contributed by atoms with Gasteiger partial charge in [0.1, 0.15) is 13.2 Å². The second kappa shape index (κ2) is 65.1. The molecule has 0 bridgehead atoms. The number of nitrogens with zero attached hydrogens (tertiary/aromatic N) is 1. The first-order valence-electron chi connectivity index (χ1n) is 35.0. The third kappa shape index (κ3) is 68.0. The fourth-order valence-corrected chi connectivity index (χ4v) is 10.5. The van der Waals surface area contributed by atoms with Gasteiger partial charge in [0.15, 0.2) is 0 Å². The Hall–Kier alpha value is -3.36. The molecule has 0 saturated carbocycles. The SMILES string of the molecule is CC/C=C\C/C=C\C/C=C\C/C=C\C/C=C\C/C=C\C/C=C\C/C=C\C/C=C\C/C=C\C/C=C\CCCCCCCC(=O)NC(COP(=O)([O-])OCC[N+](C)(C)C)C(O)CCCCCCCCCCCCCCCCCCCCCCCCCC. The van der Waals surface area contributed by atoms with Gasteiger partial charge in [-0.25, -0.2) is 0 Å². The number of phosphoric ester groups is 1. The van der Waals surface area contributed by atoms with E-state index in [0.717, 1.165) is 128 Å². The van der Waals surface area contributed by atoms with Crippen LogP contribution in [0.1, 0.15) is 290 Å². The van der Waals surface area contributed by atoms with Crippen molar-refractivity contribution in [2.75, 3.05) is 40.9 Å². The maximum absolute atomic E-state index is 13.1. The molecule has 0 aromatic heterocycles. The van der Waals surface area contributed by atoms with Crippen LogP contribution in [0, 0.1) is 0 Å². The molecule has 0 saturated heterocycles. The van der Waals surface area contributed by atoms with E-state index in [9.17, 15) is 19.4 Å². The number of hydrogen-bond acceptors (Lipinski definition) is 6. The highest BCUT2D eigenvalue weighted by Gasteiger charge is 2.24. The Kier molecular flexibility index (Phi) is 62.5. The summed E-state index contributed by atoms with van der Waals surface area (Å²) in [6, 6.07) is -0.823. The van der Waals surface area contributed by atoms with Crippen LogP contribution in [0.3, 0.4) is 0 Å². The number of nitrogens with one attached hydrogen (secondary N) is 1. The molecule has 3 atom stereocenters. The van der Waals surface area contributed by atoms with Gasteiger partial charge in [-0.3, -0.25) is 9.36 Å². The van der Waals surface area contributed by atoms with E-state index in [4.69, 9.17) is 9.05 Å². The zero-order chi connectivity index (χ0) is 61.9. The summed E-state index contributed by atoms with van der Waals surface area (Å²) < 4.78 is 23.5. The summed E-state index contributed by atoms with van der Waals surface area (Å²) in [6.07, 6.45) is 98.0. The minimum atomic E-state index is -4.60. The van der Waals surface area contributed by atoms with Crippen molar-refractivity contribution in [3.05, 3.63) is 134 Å². The van der Waals surface area contributed by atoms with Crippen molar-refractivity contribution in [3.63, 3.8) is 0 Å². The average Bonchev–Trinajstić information content (AvgIpc) is 3.49. The van der Waals surface area contributed by atoms with E-state index in [1.165, 1.54) is 135 Å². The Bertz CT molecular complexity index is 1850. The fourth-order valence-electron chi connectivity index (χ4n) is 9.75. The Labute approximate surface area is 526 Å². The van der Waals surface area contributed by atoms with Crippen molar-refractivity contribution in [2.45, 2.75) is 302 Å². The van der Waals surface area contributed by atoms with Crippen LogP contribution in [-0.4, -0.2) is 68.5 Å². The molecule has 0 rings (SSSR count). The van der Waals surface area contributed by atoms with E-state index in [1.807, 2.05) is 21.1 Å². The lowest BCUT2D eigenvalue weighted by Crippen LogP contribution is -2.46. The van der Waals surface area contributed by atoms with Crippen LogP contribution in [0.4, 0.5) is 0 Å². The van der Waals surface area contributed by atoms with Gasteiger partial charge < -0.3 is 28.8 Å². The standard InChI is InChI=1S/C76H133N2O6P/c1-6-8-10-12-14-16-18-20-22-24-26-28-30-32-33-34-35-36-37-38-39-40-41-42-43-44-45-46-48-50-52-54-56-58-60-62-64-66-68-70-76(80)77-74(73-84-85(81,82)83-72-71-78(3,4)5)75(79)69-67-65-63-61-59-57-55-53-51-49-47-31-29-27-25-23-21-19-17-15-13-11-9-7-2/h8,10,14,16,20,22,26,28,32-33,35-36,38-39,41-42,44-45,48,50,54,56,74-75,79H,6-7,9,11-13,15,17-19,21,23-25,27,29-31,34,37,40,43,46-47,49,51-53,55,57-73H2,1-5H3,(H-,77,80,81,82)/b10-8-,16-14-,22-20-,28-26-,33-32-,36-35-,39-38-,42-41-,45-44-,50-48-,56-54-. The maximum Gasteiger partial charge on any atom is 0.268 e. The van der Waals surface area contributed by atoms with E-state index in [1.54, 1.807) is 0 Å². The van der Waals surface area contributed by atoms with Gasteiger partial charge in [0.05, 0.1) is 39.9 Å². The lowest BCUT2D eigenvalue weighted by molar-refractivity contribution is -0.870. The zero-order valence-electron chi connectivity index (χ0n) is 55.8. The van der Waals surface area contributed by atoms with Crippen molar-refractivity contribution in [2.24, 2.45) is 0 Å². The molecule has 488 valence electrons. The van der Waals surface area contributed by atoms with Crippen molar-refractivity contribution in [3.8, 4) is 0 Å². The summed E-state index contributed by atoms with van der Waals surface area (Å²) in [5.41, 5.74) is 0. The maximum atomic E-state index is 13.1. The van der Waals surface area contributed by atoms with Gasteiger partial charge in [0.2, 0.25) is 5.91 Å². The summed E-state index contributed by atoms with van der Waals surface area (Å²) in [4.78, 5) is 25.7. The van der Waals surface area contributed by atoms with Gasteiger partial charge >= 0.3 is 0 Å². The van der Waals surface area contributed by atoms with Crippen molar-refractivity contribution in [1.29, 1.82) is 0 Å². The van der Waals surface area contributed by atoms with Crippen LogP contribution < -0.4 is 10.2 Å². The molecular weight excluding hydrogens is 1070 g/mol. The molecule has 0 aliphatic carbocycles. The molecule has 85 heavy (non-hydrogen) atoms. The van der Waals surface area contributed by atoms with Gasteiger partial charge in [-0.05, 0) is 96.3 Å². The van der Waals surface area contributed by atoms with Crippen LogP contribution >= 0.6 is 7.82 Å². The van der Waals surface area contributed by atoms with Gasteiger partial charge in [0, 0.05) is 6.42 Å². The molecule has 0 aromatic rings. The Morgan fingerprint density at radius 2 is 0.718 bits per heavy atom. The Morgan fingerprint density at radius 3 is 1.05 bits per heavy atom. The van der Waals surface area contributed by atoms with E-state index in [2.05, 4.69) is 153 Å². The molecule has 0 spiro atoms. The molecule has 8 nitrogen and oxygen atoms in total. The van der Waals surface area contributed by atoms with E-state index in [-0.39, 0.29) is 19.1 Å². The van der Waals surface area contributed by atoms with Crippen molar-refractivity contribution < 1.29 is 32.9 Å². The molecule has 0 aliphatic heterocycles. The summed E-state index contributed by atoms with van der Waals surface area (Å²) in [6.45, 7) is 4.61. The largest absolute Gasteiger partial charge is 0.756 e. The number of aliphatic hydroxyl groups is 1. The van der Waals surface area contributed by atoms with Crippen LogP contribution in [0.25, 0.3) is 0 Å². The quantitative estimate of drug-likeness (QED) is 0.0272. The molecule has 0 radical (unpaired) electrons. The highest BCUT2D eigenvalue weighted by Crippen LogP contribution is 2.38. The minimum Gasteiger partial charge on any atom is -0.756 e. The van der Waals surface area contributed by atoms with Crippen molar-refractivity contribution in [1.82, 2.24) is 5.32 Å². The number of rotatable bonds is 63. The number of amides is 1. The molecule has 9 heteroatoms. The number of carbonyl (C=O) groups is 1. The number of unbranched alkanes of at least 4 members (excludes halogenated alkanes) is 28. The first-order valence-corrected chi connectivity index (χ1v) is 36.5. The number of carbonyl (C=O) groups excluding carboxylic acids is 1. The van der Waals surface area contributed by atoms with Gasteiger partial charge in [-0.1, -0.05) is 321 Å². The number of phosphoric acid groups is 1. The number of quaternary nitrogens is 1. The summed E-state index contributed by atoms with van der Waals surface area (Å²) >= 11 is 0. The molecule has 3 unspecified atom stereocenters. The molecular formula is C76H133N2O6P. The van der Waals surface area contributed by atoms with E-state index in [0.29, 0.717) is 23.9 Å². The predicted molar refractivity (Wildman–Crippen MR) is 371 cm³/mol. The number of aliphatic hydroxyl groups excluding tert-OH is 1. The number of allylic oxidation sites excluding steroid dienone is 22. The van der Waals surface area contributed by atoms with E-state index >= 15 is 0 Å². The second-order valence-corrected chi connectivity index (χ2v) is 25.9. The lowest BCUT2D eigenvalue weighted by Gasteiger charge is -2.30. The summed E-state index contributed by atoms with van der Waals surface area (Å²) in [7, 11) is 1.28. The topological polar surface area (TPSA) is 108 Å². The molecule has 0 fully saturated rings. The highest BCUT2D eigenvalue weighted by atomic mass is 31.2. The Morgan fingerprint density at radius 1 is 0.424 bits per heavy atom. The first kappa shape index (κ1) is 81.6. The van der Waals surface area contributed by atoms with Gasteiger partial charge in [-0.2, -0.15) is 0 Å². The lowest BCUT2D eigenvalue weighted by atomic mass is 10.0. The third-order valence-electron chi connectivity index (χ3n) is 15.2. The molecule has 2 N–H and O–H groups in total.